The van der Waals surface area contributed by atoms with Gasteiger partial charge in [-0.25, -0.2) is 4.98 Å². The highest BCUT2D eigenvalue weighted by Crippen LogP contribution is 2.28. The highest BCUT2D eigenvalue weighted by molar-refractivity contribution is 7.12. The molecule has 2 N–H and O–H groups in total. The third kappa shape index (κ3) is 2.93. The summed E-state index contributed by atoms with van der Waals surface area (Å²) in [6, 6.07) is 8.69. The van der Waals surface area contributed by atoms with Crippen LogP contribution in [0.15, 0.2) is 24.3 Å². The minimum absolute atomic E-state index is 0.173. The quantitative estimate of drug-likeness (QED) is 0.902. The summed E-state index contributed by atoms with van der Waals surface area (Å²) in [4.78, 5) is 5.96. The lowest BCUT2D eigenvalue weighted by Gasteiger charge is -2.00. The van der Waals surface area contributed by atoms with Crippen molar-refractivity contribution in [3.63, 3.8) is 0 Å². The molecule has 17 heavy (non-hydrogen) atoms. The summed E-state index contributed by atoms with van der Waals surface area (Å²) in [5.41, 5.74) is 9.38. The predicted octanol–water partition coefficient (Wildman–Crippen LogP) is 3.32. The summed E-state index contributed by atoms with van der Waals surface area (Å²) in [6.45, 7) is 6.24. The smallest absolute Gasteiger partial charge is 0.0950 e. The molecule has 1 atom stereocenters. The monoisotopic (exact) mass is 246 g/mol. The Balaban J connectivity index is 2.32. The normalized spacial score (nSPS) is 12.7. The van der Waals surface area contributed by atoms with Gasteiger partial charge in [0.05, 0.1) is 10.7 Å². The van der Waals surface area contributed by atoms with Crippen LogP contribution in [0, 0.1) is 13.8 Å². The fourth-order valence-electron chi connectivity index (χ4n) is 1.79. The maximum atomic E-state index is 5.81. The van der Waals surface area contributed by atoms with E-state index in [2.05, 4.69) is 43.1 Å². The van der Waals surface area contributed by atoms with Crippen molar-refractivity contribution in [1.82, 2.24) is 4.98 Å². The second-order valence-electron chi connectivity index (χ2n) is 4.56. The average molecular weight is 246 g/mol. The van der Waals surface area contributed by atoms with E-state index in [0.29, 0.717) is 0 Å². The van der Waals surface area contributed by atoms with E-state index in [1.165, 1.54) is 16.0 Å². The van der Waals surface area contributed by atoms with Crippen molar-refractivity contribution < 1.29 is 0 Å². The van der Waals surface area contributed by atoms with Crippen molar-refractivity contribution in [2.75, 3.05) is 0 Å². The van der Waals surface area contributed by atoms with Crippen molar-refractivity contribution in [3.05, 3.63) is 39.7 Å². The van der Waals surface area contributed by atoms with E-state index in [1.54, 1.807) is 11.3 Å². The highest BCUT2D eigenvalue weighted by Gasteiger charge is 2.10. The molecule has 0 aliphatic heterocycles. The van der Waals surface area contributed by atoms with E-state index in [9.17, 15) is 0 Å². The largest absolute Gasteiger partial charge is 0.328 e. The number of rotatable bonds is 3. The van der Waals surface area contributed by atoms with Crippen LogP contribution in [0.25, 0.3) is 11.3 Å². The van der Waals surface area contributed by atoms with Crippen molar-refractivity contribution in [3.8, 4) is 11.3 Å². The lowest BCUT2D eigenvalue weighted by molar-refractivity contribution is 0.734. The zero-order chi connectivity index (χ0) is 12.4. The molecule has 3 heteroatoms. The Morgan fingerprint density at radius 3 is 2.47 bits per heavy atom. The molecule has 0 saturated carbocycles. The Morgan fingerprint density at radius 2 is 1.88 bits per heavy atom. The number of nitrogens with two attached hydrogens (primary N) is 1. The Hall–Kier alpha value is -1.19. The van der Waals surface area contributed by atoms with Gasteiger partial charge >= 0.3 is 0 Å². The Labute approximate surface area is 107 Å². The van der Waals surface area contributed by atoms with Gasteiger partial charge in [0.1, 0.15) is 0 Å². The van der Waals surface area contributed by atoms with E-state index < -0.39 is 0 Å². The Bertz CT molecular complexity index is 497. The summed E-state index contributed by atoms with van der Waals surface area (Å²) in [5, 5.41) is 1.13. The molecule has 0 spiro atoms. The standard InChI is InChI=1S/C14H18N2S/c1-9-4-6-12(7-5-9)14-11(3)17-13(16-14)8-10(2)15/h4-7,10H,8,15H2,1-3H3. The van der Waals surface area contributed by atoms with E-state index in [4.69, 9.17) is 5.73 Å². The van der Waals surface area contributed by atoms with Gasteiger partial charge < -0.3 is 5.73 Å². The van der Waals surface area contributed by atoms with Crippen molar-refractivity contribution in [2.24, 2.45) is 5.73 Å². The van der Waals surface area contributed by atoms with Gasteiger partial charge in [-0.2, -0.15) is 0 Å². The third-order valence-electron chi connectivity index (χ3n) is 2.66. The van der Waals surface area contributed by atoms with Crippen molar-refractivity contribution >= 4 is 11.3 Å². The van der Waals surface area contributed by atoms with Crippen LogP contribution in [0.1, 0.15) is 22.4 Å². The van der Waals surface area contributed by atoms with Crippen LogP contribution in [0.4, 0.5) is 0 Å². The van der Waals surface area contributed by atoms with Crippen LogP contribution in [0.2, 0.25) is 0 Å². The number of nitrogens with zero attached hydrogens (tertiary/aromatic N) is 1. The summed E-state index contributed by atoms with van der Waals surface area (Å²) >= 11 is 1.75. The van der Waals surface area contributed by atoms with Crippen LogP contribution in [0.3, 0.4) is 0 Å². The predicted molar refractivity (Wildman–Crippen MR) is 74.4 cm³/mol. The van der Waals surface area contributed by atoms with Crippen molar-refractivity contribution in [1.29, 1.82) is 0 Å². The molecule has 1 unspecified atom stereocenters. The number of hydrogen-bond acceptors (Lipinski definition) is 3. The molecule has 0 fully saturated rings. The van der Waals surface area contributed by atoms with Crippen LogP contribution in [-0.2, 0) is 6.42 Å². The second-order valence-corrected chi connectivity index (χ2v) is 5.85. The van der Waals surface area contributed by atoms with Crippen LogP contribution in [0.5, 0.6) is 0 Å². The molecule has 1 aromatic heterocycles. The first-order valence-electron chi connectivity index (χ1n) is 5.85. The first-order chi connectivity index (χ1) is 8.06. The van der Waals surface area contributed by atoms with Gasteiger partial charge in [-0.05, 0) is 20.8 Å². The van der Waals surface area contributed by atoms with Crippen LogP contribution in [-0.4, -0.2) is 11.0 Å². The summed E-state index contributed by atoms with van der Waals surface area (Å²) < 4.78 is 0. The number of hydrogen-bond donors (Lipinski definition) is 1. The fourth-order valence-corrected chi connectivity index (χ4v) is 2.89. The zero-order valence-corrected chi connectivity index (χ0v) is 11.3. The number of aromatic nitrogens is 1. The van der Waals surface area contributed by atoms with Crippen LogP contribution < -0.4 is 5.73 Å². The molecule has 2 aromatic rings. The lowest BCUT2D eigenvalue weighted by atomic mass is 10.1. The van der Waals surface area contributed by atoms with Gasteiger partial charge in [-0.3, -0.25) is 0 Å². The number of thiazole rings is 1. The molecule has 0 aliphatic rings. The maximum absolute atomic E-state index is 5.81. The average Bonchev–Trinajstić information content (AvgIpc) is 2.59. The molecule has 2 rings (SSSR count). The molecule has 0 radical (unpaired) electrons. The van der Waals surface area contributed by atoms with Gasteiger partial charge in [-0.15, -0.1) is 11.3 Å². The van der Waals surface area contributed by atoms with E-state index >= 15 is 0 Å². The Morgan fingerprint density at radius 1 is 1.24 bits per heavy atom. The second kappa shape index (κ2) is 4.98. The first kappa shape index (κ1) is 12.3. The molecule has 1 heterocycles. The van der Waals surface area contributed by atoms with Gasteiger partial charge in [0.25, 0.3) is 0 Å². The number of benzene rings is 1. The Kier molecular flexibility index (Phi) is 3.60. The van der Waals surface area contributed by atoms with Crippen LogP contribution >= 0.6 is 11.3 Å². The van der Waals surface area contributed by atoms with Gasteiger partial charge in [0, 0.05) is 22.9 Å². The molecule has 0 bridgehead atoms. The molecular formula is C14H18N2S. The summed E-state index contributed by atoms with van der Waals surface area (Å²) in [6.07, 6.45) is 0.859. The summed E-state index contributed by atoms with van der Waals surface area (Å²) in [7, 11) is 0. The molecule has 1 aromatic carbocycles. The molecule has 90 valence electrons. The minimum Gasteiger partial charge on any atom is -0.328 e. The minimum atomic E-state index is 0.173. The molecular weight excluding hydrogens is 228 g/mol. The van der Waals surface area contributed by atoms with E-state index in [-0.39, 0.29) is 6.04 Å². The van der Waals surface area contributed by atoms with E-state index in [1.807, 2.05) is 6.92 Å². The maximum Gasteiger partial charge on any atom is 0.0950 e. The molecule has 0 saturated heterocycles. The highest BCUT2D eigenvalue weighted by atomic mass is 32.1. The summed E-state index contributed by atoms with van der Waals surface area (Å²) in [5.74, 6) is 0. The SMILES string of the molecule is Cc1ccc(-c2nc(CC(C)N)sc2C)cc1. The van der Waals surface area contributed by atoms with Gasteiger partial charge in [0.15, 0.2) is 0 Å². The lowest BCUT2D eigenvalue weighted by Crippen LogP contribution is -2.17. The fraction of sp³-hybridized carbons (Fsp3) is 0.357. The topological polar surface area (TPSA) is 38.9 Å². The van der Waals surface area contributed by atoms with Gasteiger partial charge in [-0.1, -0.05) is 29.8 Å². The third-order valence-corrected chi connectivity index (χ3v) is 3.66. The van der Waals surface area contributed by atoms with Gasteiger partial charge in [0.2, 0.25) is 0 Å². The number of aryl methyl sites for hydroxylation is 2. The van der Waals surface area contributed by atoms with Crippen molar-refractivity contribution in [2.45, 2.75) is 33.2 Å². The molecule has 0 amide bonds. The first-order valence-corrected chi connectivity index (χ1v) is 6.67. The molecule has 2 nitrogen and oxygen atoms in total. The van der Waals surface area contributed by atoms with E-state index in [0.717, 1.165) is 17.1 Å². The molecule has 0 aliphatic carbocycles. The zero-order valence-electron chi connectivity index (χ0n) is 10.5.